The van der Waals surface area contributed by atoms with Crippen molar-refractivity contribution in [3.05, 3.63) is 30.6 Å². The van der Waals surface area contributed by atoms with Gasteiger partial charge in [0.1, 0.15) is 11.9 Å². The number of aromatic nitrogens is 3. The van der Waals surface area contributed by atoms with Crippen molar-refractivity contribution < 1.29 is 9.53 Å². The molecular weight excluding hydrogens is 306 g/mol. The molecule has 1 aromatic carbocycles. The van der Waals surface area contributed by atoms with Crippen LogP contribution in [0.4, 0.5) is 5.69 Å². The molecule has 1 aliphatic heterocycles. The molecule has 4 N–H and O–H groups in total. The van der Waals surface area contributed by atoms with E-state index in [2.05, 4.69) is 20.5 Å². The smallest absolute Gasteiger partial charge is 0.244 e. The molecule has 0 saturated carbocycles. The number of H-pyrrole nitrogens is 1. The number of nitrogens with zero attached hydrogens (tertiary/aromatic N) is 2. The maximum atomic E-state index is 12.4. The molecular formula is C14H18ClN5O2. The van der Waals surface area contributed by atoms with Gasteiger partial charge in [0.15, 0.2) is 5.82 Å². The van der Waals surface area contributed by atoms with Crippen molar-refractivity contribution in [3.63, 3.8) is 0 Å². The predicted molar refractivity (Wildman–Crippen MR) is 84.7 cm³/mol. The standard InChI is InChI=1S/C14H17N5O2.ClH/c15-14(4-6-21-7-5-14)13(20)18-11-3-1-2-10(8-11)12-16-9-17-19-12;/h1-3,8-9H,4-7,15H2,(H,18,20)(H,16,17,19);1H. The van der Waals surface area contributed by atoms with Crippen molar-refractivity contribution >= 4 is 24.0 Å². The van der Waals surface area contributed by atoms with Gasteiger partial charge in [-0.1, -0.05) is 12.1 Å². The molecule has 0 unspecified atom stereocenters. The maximum Gasteiger partial charge on any atom is 0.244 e. The fraction of sp³-hybridized carbons (Fsp3) is 0.357. The van der Waals surface area contributed by atoms with Gasteiger partial charge in [-0.2, -0.15) is 5.10 Å². The average molecular weight is 324 g/mol. The molecule has 1 aliphatic rings. The number of benzene rings is 1. The zero-order valence-electron chi connectivity index (χ0n) is 11.9. The van der Waals surface area contributed by atoms with Crippen LogP contribution in [0.3, 0.4) is 0 Å². The van der Waals surface area contributed by atoms with E-state index in [0.29, 0.717) is 37.6 Å². The van der Waals surface area contributed by atoms with Gasteiger partial charge in [-0.25, -0.2) is 4.98 Å². The van der Waals surface area contributed by atoms with Crippen molar-refractivity contribution in [2.45, 2.75) is 18.4 Å². The second-order valence-corrected chi connectivity index (χ2v) is 5.14. The zero-order valence-corrected chi connectivity index (χ0v) is 12.7. The molecule has 3 rings (SSSR count). The Morgan fingerprint density at radius 3 is 2.82 bits per heavy atom. The first kappa shape index (κ1) is 16.4. The lowest BCUT2D eigenvalue weighted by Crippen LogP contribution is -2.54. The lowest BCUT2D eigenvalue weighted by Gasteiger charge is -2.31. The zero-order chi connectivity index (χ0) is 14.7. The minimum Gasteiger partial charge on any atom is -0.381 e. The van der Waals surface area contributed by atoms with Crippen LogP contribution in [0.2, 0.25) is 0 Å². The number of hydrogen-bond acceptors (Lipinski definition) is 5. The molecule has 22 heavy (non-hydrogen) atoms. The lowest BCUT2D eigenvalue weighted by molar-refractivity contribution is -0.124. The molecule has 0 spiro atoms. The number of nitrogens with two attached hydrogens (primary N) is 1. The third kappa shape index (κ3) is 3.44. The largest absolute Gasteiger partial charge is 0.381 e. The summed E-state index contributed by atoms with van der Waals surface area (Å²) in [5.74, 6) is 0.472. The molecule has 7 nitrogen and oxygen atoms in total. The number of halogens is 1. The number of rotatable bonds is 3. The van der Waals surface area contributed by atoms with Crippen molar-refractivity contribution in [2.24, 2.45) is 5.73 Å². The Kier molecular flexibility index (Phi) is 5.12. The number of ether oxygens (including phenoxy) is 1. The first-order valence-corrected chi connectivity index (χ1v) is 6.81. The third-order valence-corrected chi connectivity index (χ3v) is 3.65. The molecule has 0 atom stereocenters. The Labute approximate surface area is 134 Å². The number of nitrogens with one attached hydrogen (secondary N) is 2. The lowest BCUT2D eigenvalue weighted by atomic mass is 9.90. The molecule has 1 aromatic heterocycles. The van der Waals surface area contributed by atoms with Crippen LogP contribution in [0, 0.1) is 0 Å². The number of hydrogen-bond donors (Lipinski definition) is 3. The topological polar surface area (TPSA) is 106 Å². The molecule has 2 heterocycles. The number of carbonyl (C=O) groups excluding carboxylic acids is 1. The normalized spacial score (nSPS) is 16.6. The molecule has 0 bridgehead atoms. The quantitative estimate of drug-likeness (QED) is 0.790. The highest BCUT2D eigenvalue weighted by molar-refractivity contribution is 5.98. The minimum absolute atomic E-state index is 0. The van der Waals surface area contributed by atoms with E-state index < -0.39 is 5.54 Å². The van der Waals surface area contributed by atoms with Crippen LogP contribution in [0.5, 0.6) is 0 Å². The highest BCUT2D eigenvalue weighted by Gasteiger charge is 2.35. The summed E-state index contributed by atoms with van der Waals surface area (Å²) >= 11 is 0. The van der Waals surface area contributed by atoms with E-state index in [1.54, 1.807) is 0 Å². The van der Waals surface area contributed by atoms with Crippen molar-refractivity contribution in [1.82, 2.24) is 15.2 Å². The van der Waals surface area contributed by atoms with Gasteiger partial charge in [-0.15, -0.1) is 12.4 Å². The highest BCUT2D eigenvalue weighted by Crippen LogP contribution is 2.22. The minimum atomic E-state index is -0.861. The molecule has 118 valence electrons. The van der Waals surface area contributed by atoms with Crippen LogP contribution in [0.25, 0.3) is 11.4 Å². The van der Waals surface area contributed by atoms with Gasteiger partial charge >= 0.3 is 0 Å². The summed E-state index contributed by atoms with van der Waals surface area (Å²) in [5.41, 5.74) is 6.84. The summed E-state index contributed by atoms with van der Waals surface area (Å²) in [6.07, 6.45) is 2.50. The van der Waals surface area contributed by atoms with E-state index in [1.165, 1.54) is 6.33 Å². The average Bonchev–Trinajstić information content (AvgIpc) is 3.02. The van der Waals surface area contributed by atoms with E-state index in [-0.39, 0.29) is 18.3 Å². The predicted octanol–water partition coefficient (Wildman–Crippen LogP) is 1.34. The molecule has 0 radical (unpaired) electrons. The first-order valence-electron chi connectivity index (χ1n) is 6.81. The maximum absolute atomic E-state index is 12.4. The van der Waals surface area contributed by atoms with E-state index in [9.17, 15) is 4.79 Å². The van der Waals surface area contributed by atoms with Crippen LogP contribution >= 0.6 is 12.4 Å². The number of aromatic amines is 1. The van der Waals surface area contributed by atoms with Gasteiger partial charge in [0.05, 0.1) is 0 Å². The van der Waals surface area contributed by atoms with Gasteiger partial charge in [-0.3, -0.25) is 9.89 Å². The van der Waals surface area contributed by atoms with Gasteiger partial charge in [0, 0.05) is 24.5 Å². The molecule has 8 heteroatoms. The van der Waals surface area contributed by atoms with E-state index in [4.69, 9.17) is 10.5 Å². The van der Waals surface area contributed by atoms with Crippen LogP contribution < -0.4 is 11.1 Å². The second kappa shape index (κ2) is 6.87. The summed E-state index contributed by atoms with van der Waals surface area (Å²) in [6.45, 7) is 1.03. The van der Waals surface area contributed by atoms with Crippen molar-refractivity contribution in [3.8, 4) is 11.4 Å². The first-order chi connectivity index (χ1) is 10.2. The molecule has 1 amide bonds. The number of amides is 1. The van der Waals surface area contributed by atoms with Crippen LogP contribution in [-0.4, -0.2) is 39.8 Å². The van der Waals surface area contributed by atoms with Gasteiger partial charge in [0.25, 0.3) is 0 Å². The van der Waals surface area contributed by atoms with Crippen LogP contribution in [0.15, 0.2) is 30.6 Å². The monoisotopic (exact) mass is 323 g/mol. The summed E-state index contributed by atoms with van der Waals surface area (Å²) < 4.78 is 5.25. The third-order valence-electron chi connectivity index (χ3n) is 3.65. The Hall–Kier alpha value is -1.96. The summed E-state index contributed by atoms with van der Waals surface area (Å²) in [4.78, 5) is 16.4. The van der Waals surface area contributed by atoms with Gasteiger partial charge < -0.3 is 15.8 Å². The molecule has 1 fully saturated rings. The summed E-state index contributed by atoms with van der Waals surface area (Å²) in [6, 6.07) is 7.39. The van der Waals surface area contributed by atoms with Crippen LogP contribution in [-0.2, 0) is 9.53 Å². The van der Waals surface area contributed by atoms with Crippen molar-refractivity contribution in [1.29, 1.82) is 0 Å². The molecule has 2 aromatic rings. The van der Waals surface area contributed by atoms with Gasteiger partial charge in [0.2, 0.25) is 5.91 Å². The number of carbonyl (C=O) groups is 1. The van der Waals surface area contributed by atoms with E-state index in [1.807, 2.05) is 24.3 Å². The van der Waals surface area contributed by atoms with E-state index in [0.717, 1.165) is 5.56 Å². The van der Waals surface area contributed by atoms with E-state index >= 15 is 0 Å². The Bertz CT molecular complexity index is 626. The second-order valence-electron chi connectivity index (χ2n) is 5.14. The van der Waals surface area contributed by atoms with Gasteiger partial charge in [-0.05, 0) is 25.0 Å². The Balaban J connectivity index is 0.00000176. The van der Waals surface area contributed by atoms with Crippen molar-refractivity contribution in [2.75, 3.05) is 18.5 Å². The Morgan fingerprint density at radius 1 is 1.36 bits per heavy atom. The fourth-order valence-corrected chi connectivity index (χ4v) is 2.31. The highest BCUT2D eigenvalue weighted by atomic mass is 35.5. The fourth-order valence-electron chi connectivity index (χ4n) is 2.31. The van der Waals surface area contributed by atoms with Crippen LogP contribution in [0.1, 0.15) is 12.8 Å². The summed E-state index contributed by atoms with van der Waals surface area (Å²) in [7, 11) is 0. The Morgan fingerprint density at radius 2 is 2.14 bits per heavy atom. The molecule has 1 saturated heterocycles. The SMILES string of the molecule is Cl.NC1(C(=O)Nc2cccc(-c3ncn[nH]3)c2)CCOCC1. The molecule has 0 aliphatic carbocycles. The number of anilines is 1. The summed E-state index contributed by atoms with van der Waals surface area (Å²) in [5, 5.41) is 9.48.